The van der Waals surface area contributed by atoms with E-state index in [9.17, 15) is 0 Å². The third kappa shape index (κ3) is 4.14. The molecule has 3 rings (SSSR count). The highest BCUT2D eigenvalue weighted by molar-refractivity contribution is 9.10. The van der Waals surface area contributed by atoms with Gasteiger partial charge in [-0.25, -0.2) is 0 Å². The molecule has 1 heterocycles. The topological polar surface area (TPSA) is 24.5 Å². The first-order valence-corrected chi connectivity index (χ1v) is 8.91. The molecule has 23 heavy (non-hydrogen) atoms. The van der Waals surface area contributed by atoms with Crippen molar-refractivity contribution in [3.05, 3.63) is 64.1 Å². The second kappa shape index (κ2) is 7.95. The van der Waals surface area contributed by atoms with Crippen molar-refractivity contribution in [3.8, 4) is 5.75 Å². The van der Waals surface area contributed by atoms with Crippen LogP contribution < -0.4 is 10.1 Å². The quantitative estimate of drug-likeness (QED) is 0.879. The molecular weight excluding hydrogens is 352 g/mol. The zero-order valence-electron chi connectivity index (χ0n) is 13.5. The summed E-state index contributed by atoms with van der Waals surface area (Å²) in [4.78, 5) is 2.57. The monoisotopic (exact) mass is 374 g/mol. The Kier molecular flexibility index (Phi) is 5.70. The average molecular weight is 375 g/mol. The van der Waals surface area contributed by atoms with Gasteiger partial charge in [-0.2, -0.15) is 0 Å². The predicted octanol–water partition coefficient (Wildman–Crippen LogP) is 3.84. The predicted molar refractivity (Wildman–Crippen MR) is 98.0 cm³/mol. The number of hydrogen-bond acceptors (Lipinski definition) is 3. The lowest BCUT2D eigenvalue weighted by molar-refractivity contribution is 0.241. The van der Waals surface area contributed by atoms with E-state index >= 15 is 0 Å². The number of benzene rings is 2. The summed E-state index contributed by atoms with van der Waals surface area (Å²) in [5, 5.41) is 3.49. The second-order valence-electron chi connectivity index (χ2n) is 5.87. The van der Waals surface area contributed by atoms with E-state index in [4.69, 9.17) is 4.74 Å². The maximum Gasteiger partial charge on any atom is 0.118 e. The molecule has 0 radical (unpaired) electrons. The van der Waals surface area contributed by atoms with E-state index in [-0.39, 0.29) is 6.04 Å². The highest BCUT2D eigenvalue weighted by Crippen LogP contribution is 2.31. The Morgan fingerprint density at radius 1 is 0.957 bits per heavy atom. The number of nitrogens with zero attached hydrogens (tertiary/aromatic N) is 1. The number of ether oxygens (including phenoxy) is 1. The van der Waals surface area contributed by atoms with Crippen molar-refractivity contribution in [1.82, 2.24) is 10.2 Å². The van der Waals surface area contributed by atoms with Gasteiger partial charge in [0.05, 0.1) is 13.2 Å². The van der Waals surface area contributed by atoms with E-state index in [2.05, 4.69) is 74.7 Å². The van der Waals surface area contributed by atoms with Crippen LogP contribution in [0.3, 0.4) is 0 Å². The molecule has 0 saturated carbocycles. The molecule has 1 N–H and O–H groups in total. The molecule has 1 unspecified atom stereocenters. The molecule has 4 heteroatoms. The molecule has 0 aliphatic carbocycles. The van der Waals surface area contributed by atoms with Crippen LogP contribution in [0.4, 0.5) is 0 Å². The van der Waals surface area contributed by atoms with E-state index in [1.54, 1.807) is 7.11 Å². The van der Waals surface area contributed by atoms with E-state index in [1.807, 2.05) is 0 Å². The van der Waals surface area contributed by atoms with Gasteiger partial charge in [-0.15, -0.1) is 0 Å². The van der Waals surface area contributed by atoms with Gasteiger partial charge < -0.3 is 10.1 Å². The summed E-state index contributed by atoms with van der Waals surface area (Å²) in [7, 11) is 1.71. The van der Waals surface area contributed by atoms with Crippen LogP contribution in [0.25, 0.3) is 0 Å². The number of rotatable bonds is 4. The van der Waals surface area contributed by atoms with Crippen LogP contribution >= 0.6 is 15.9 Å². The SMILES string of the molecule is COc1ccc(C(c2ccc(Br)cc2)N2CCCNCC2)cc1. The summed E-state index contributed by atoms with van der Waals surface area (Å²) in [6, 6.07) is 17.5. The molecule has 2 aromatic rings. The Morgan fingerprint density at radius 2 is 1.61 bits per heavy atom. The Bertz CT molecular complexity index is 604. The van der Waals surface area contributed by atoms with Crippen LogP contribution in [-0.2, 0) is 0 Å². The van der Waals surface area contributed by atoms with E-state index in [1.165, 1.54) is 17.5 Å². The minimum atomic E-state index is 0.286. The Balaban J connectivity index is 1.95. The summed E-state index contributed by atoms with van der Waals surface area (Å²) >= 11 is 3.54. The van der Waals surface area contributed by atoms with Crippen LogP contribution in [0.1, 0.15) is 23.6 Å². The van der Waals surface area contributed by atoms with E-state index in [0.717, 1.165) is 36.4 Å². The van der Waals surface area contributed by atoms with Gasteiger partial charge in [-0.3, -0.25) is 4.90 Å². The minimum absolute atomic E-state index is 0.286. The summed E-state index contributed by atoms with van der Waals surface area (Å²) in [6.45, 7) is 4.32. The second-order valence-corrected chi connectivity index (χ2v) is 6.78. The summed E-state index contributed by atoms with van der Waals surface area (Å²) in [5.74, 6) is 0.904. The Labute approximate surface area is 146 Å². The highest BCUT2D eigenvalue weighted by Gasteiger charge is 2.23. The maximum atomic E-state index is 5.31. The maximum absolute atomic E-state index is 5.31. The van der Waals surface area contributed by atoms with Crippen molar-refractivity contribution in [3.63, 3.8) is 0 Å². The van der Waals surface area contributed by atoms with E-state index < -0.39 is 0 Å². The summed E-state index contributed by atoms with van der Waals surface area (Å²) < 4.78 is 6.42. The number of methoxy groups -OCH3 is 1. The first-order valence-electron chi connectivity index (χ1n) is 8.12. The molecular formula is C19H23BrN2O. The smallest absolute Gasteiger partial charge is 0.118 e. The highest BCUT2D eigenvalue weighted by atomic mass is 79.9. The fourth-order valence-corrected chi connectivity index (χ4v) is 3.43. The van der Waals surface area contributed by atoms with Crippen molar-refractivity contribution in [2.75, 3.05) is 33.3 Å². The molecule has 0 spiro atoms. The normalized spacial score (nSPS) is 17.5. The van der Waals surface area contributed by atoms with Gasteiger partial charge in [0.1, 0.15) is 5.75 Å². The molecule has 0 bridgehead atoms. The first kappa shape index (κ1) is 16.5. The first-order chi connectivity index (χ1) is 11.3. The lowest BCUT2D eigenvalue weighted by Gasteiger charge is -2.31. The molecule has 122 valence electrons. The lowest BCUT2D eigenvalue weighted by Crippen LogP contribution is -2.33. The van der Waals surface area contributed by atoms with Crippen molar-refractivity contribution in [2.45, 2.75) is 12.5 Å². The third-order valence-corrected chi connectivity index (χ3v) is 4.89. The van der Waals surface area contributed by atoms with Crippen LogP contribution in [0.15, 0.2) is 53.0 Å². The molecule has 1 aliphatic heterocycles. The summed E-state index contributed by atoms with van der Waals surface area (Å²) in [6.07, 6.45) is 1.18. The zero-order valence-corrected chi connectivity index (χ0v) is 15.1. The average Bonchev–Trinajstić information content (AvgIpc) is 2.87. The van der Waals surface area contributed by atoms with Gasteiger partial charge in [-0.05, 0) is 48.4 Å². The number of halogens is 1. The largest absolute Gasteiger partial charge is 0.497 e. The van der Waals surface area contributed by atoms with Crippen LogP contribution in [0.2, 0.25) is 0 Å². The van der Waals surface area contributed by atoms with Crippen molar-refractivity contribution < 1.29 is 4.74 Å². The molecule has 1 fully saturated rings. The Morgan fingerprint density at radius 3 is 2.26 bits per heavy atom. The fraction of sp³-hybridized carbons (Fsp3) is 0.368. The van der Waals surface area contributed by atoms with Crippen LogP contribution in [-0.4, -0.2) is 38.2 Å². The van der Waals surface area contributed by atoms with Gasteiger partial charge in [0.2, 0.25) is 0 Å². The van der Waals surface area contributed by atoms with Gasteiger partial charge in [0, 0.05) is 24.1 Å². The zero-order chi connectivity index (χ0) is 16.1. The molecule has 2 aromatic carbocycles. The molecule has 1 aliphatic rings. The van der Waals surface area contributed by atoms with Crippen molar-refractivity contribution in [2.24, 2.45) is 0 Å². The molecule has 0 amide bonds. The van der Waals surface area contributed by atoms with Gasteiger partial charge in [-0.1, -0.05) is 40.2 Å². The standard InChI is InChI=1S/C19H23BrN2O/c1-23-18-9-5-16(6-10-18)19(15-3-7-17(20)8-4-15)22-13-2-11-21-12-14-22/h3-10,19,21H,2,11-14H2,1H3. The third-order valence-electron chi connectivity index (χ3n) is 4.36. The minimum Gasteiger partial charge on any atom is -0.497 e. The summed E-state index contributed by atoms with van der Waals surface area (Å²) in [5.41, 5.74) is 2.65. The number of nitrogens with one attached hydrogen (secondary N) is 1. The molecule has 1 atom stereocenters. The lowest BCUT2D eigenvalue weighted by atomic mass is 9.96. The van der Waals surface area contributed by atoms with Gasteiger partial charge >= 0.3 is 0 Å². The molecule has 0 aromatic heterocycles. The van der Waals surface area contributed by atoms with Crippen LogP contribution in [0.5, 0.6) is 5.75 Å². The van der Waals surface area contributed by atoms with Gasteiger partial charge in [0.15, 0.2) is 0 Å². The van der Waals surface area contributed by atoms with Crippen molar-refractivity contribution in [1.29, 1.82) is 0 Å². The fourth-order valence-electron chi connectivity index (χ4n) is 3.17. The van der Waals surface area contributed by atoms with Crippen LogP contribution in [0, 0.1) is 0 Å². The Hall–Kier alpha value is -1.36. The number of hydrogen-bond donors (Lipinski definition) is 1. The molecule has 3 nitrogen and oxygen atoms in total. The molecule has 1 saturated heterocycles. The van der Waals surface area contributed by atoms with E-state index in [0.29, 0.717) is 0 Å². The van der Waals surface area contributed by atoms with Gasteiger partial charge in [0.25, 0.3) is 0 Å². The van der Waals surface area contributed by atoms with Crippen molar-refractivity contribution >= 4 is 15.9 Å².